The molecule has 2 fully saturated rings. The van der Waals surface area contributed by atoms with E-state index in [-0.39, 0.29) is 0 Å². The summed E-state index contributed by atoms with van der Waals surface area (Å²) in [5, 5.41) is 3.30. The number of likely N-dealkylation sites (tertiary alicyclic amines) is 1. The molecular formula is C18H28N2. The third kappa shape index (κ3) is 3.62. The molecule has 1 aliphatic heterocycles. The van der Waals surface area contributed by atoms with Gasteiger partial charge in [0.05, 0.1) is 0 Å². The second-order valence-corrected chi connectivity index (χ2v) is 6.53. The van der Waals surface area contributed by atoms with Gasteiger partial charge in [0.1, 0.15) is 0 Å². The van der Waals surface area contributed by atoms with Crippen LogP contribution in [-0.4, -0.2) is 31.1 Å². The number of hydrogen-bond donors (Lipinski definition) is 1. The van der Waals surface area contributed by atoms with Gasteiger partial charge < -0.3 is 5.32 Å². The lowest BCUT2D eigenvalue weighted by atomic mass is 9.98. The van der Waals surface area contributed by atoms with Crippen LogP contribution in [0.25, 0.3) is 0 Å². The Bertz CT molecular complexity index is 408. The van der Waals surface area contributed by atoms with E-state index in [1.54, 1.807) is 5.56 Å². The largest absolute Gasteiger partial charge is 0.320 e. The molecule has 1 atom stereocenters. The lowest BCUT2D eigenvalue weighted by molar-refractivity contribution is 0.132. The first-order valence-electron chi connectivity index (χ1n) is 8.34. The van der Waals surface area contributed by atoms with Crippen LogP contribution in [0.3, 0.4) is 0 Å². The Morgan fingerprint density at radius 3 is 2.60 bits per heavy atom. The molecule has 1 aromatic rings. The number of hydrogen-bond acceptors (Lipinski definition) is 2. The van der Waals surface area contributed by atoms with Gasteiger partial charge >= 0.3 is 0 Å². The van der Waals surface area contributed by atoms with Gasteiger partial charge in [-0.1, -0.05) is 30.7 Å². The first-order chi connectivity index (χ1) is 9.86. The molecule has 1 aromatic carbocycles. The summed E-state index contributed by atoms with van der Waals surface area (Å²) in [6.07, 6.45) is 8.25. The second kappa shape index (κ2) is 6.73. The summed E-state index contributed by atoms with van der Waals surface area (Å²) in [6.45, 7) is 3.56. The molecule has 2 aliphatic rings. The molecule has 1 N–H and O–H groups in total. The highest BCUT2D eigenvalue weighted by Crippen LogP contribution is 2.40. The summed E-state index contributed by atoms with van der Waals surface area (Å²) in [4.78, 5) is 2.70. The maximum Gasteiger partial charge on any atom is 0.0236 e. The first-order valence-corrected chi connectivity index (χ1v) is 8.34. The van der Waals surface area contributed by atoms with E-state index in [1.165, 1.54) is 50.6 Å². The number of benzene rings is 1. The van der Waals surface area contributed by atoms with Crippen molar-refractivity contribution in [2.45, 2.75) is 57.0 Å². The predicted molar refractivity (Wildman–Crippen MR) is 85.0 cm³/mol. The quantitative estimate of drug-likeness (QED) is 0.852. The van der Waals surface area contributed by atoms with Crippen molar-refractivity contribution >= 4 is 0 Å². The van der Waals surface area contributed by atoms with E-state index < -0.39 is 0 Å². The van der Waals surface area contributed by atoms with Crippen molar-refractivity contribution in [3.63, 3.8) is 0 Å². The number of piperidine rings is 1. The summed E-state index contributed by atoms with van der Waals surface area (Å²) in [5.74, 6) is 0.877. The standard InChI is InChI=1S/C18H28N2/c1-19-12-11-18-4-2-3-13-20(18)14-15-5-7-16(8-6-15)17-9-10-17/h5-8,17-19H,2-4,9-14H2,1H3. The molecule has 2 heteroatoms. The molecule has 1 saturated heterocycles. The van der Waals surface area contributed by atoms with Crippen LogP contribution in [-0.2, 0) is 6.54 Å². The molecule has 0 radical (unpaired) electrons. The Balaban J connectivity index is 1.58. The molecule has 1 heterocycles. The highest BCUT2D eigenvalue weighted by Gasteiger charge is 2.24. The van der Waals surface area contributed by atoms with Crippen molar-refractivity contribution in [2.75, 3.05) is 20.1 Å². The van der Waals surface area contributed by atoms with E-state index in [0.717, 1.165) is 25.0 Å². The van der Waals surface area contributed by atoms with Gasteiger partial charge in [0.2, 0.25) is 0 Å². The van der Waals surface area contributed by atoms with Crippen molar-refractivity contribution in [1.29, 1.82) is 0 Å². The third-order valence-electron chi connectivity index (χ3n) is 4.89. The Kier molecular flexibility index (Phi) is 4.74. The monoisotopic (exact) mass is 272 g/mol. The second-order valence-electron chi connectivity index (χ2n) is 6.53. The van der Waals surface area contributed by atoms with Gasteiger partial charge in [-0.2, -0.15) is 0 Å². The van der Waals surface area contributed by atoms with Gasteiger partial charge in [-0.05, 0) is 69.3 Å². The van der Waals surface area contributed by atoms with Gasteiger partial charge in [-0.25, -0.2) is 0 Å². The van der Waals surface area contributed by atoms with Crippen molar-refractivity contribution in [3.8, 4) is 0 Å². The molecule has 3 rings (SSSR count). The predicted octanol–water partition coefficient (Wildman–Crippen LogP) is 3.53. The highest BCUT2D eigenvalue weighted by molar-refractivity contribution is 5.28. The summed E-state index contributed by atoms with van der Waals surface area (Å²) in [7, 11) is 2.06. The van der Waals surface area contributed by atoms with Gasteiger partial charge in [0, 0.05) is 12.6 Å². The minimum atomic E-state index is 0.777. The number of nitrogens with one attached hydrogen (secondary N) is 1. The zero-order valence-corrected chi connectivity index (χ0v) is 12.8. The summed E-state index contributed by atoms with van der Waals surface area (Å²) < 4.78 is 0. The van der Waals surface area contributed by atoms with Crippen molar-refractivity contribution in [1.82, 2.24) is 10.2 Å². The minimum absolute atomic E-state index is 0.777. The Labute approximate surface area is 123 Å². The topological polar surface area (TPSA) is 15.3 Å². The average molecular weight is 272 g/mol. The SMILES string of the molecule is CNCCC1CCCCN1Cc1ccc(C2CC2)cc1. The number of nitrogens with zero attached hydrogens (tertiary/aromatic N) is 1. The molecule has 0 spiro atoms. The molecule has 1 unspecified atom stereocenters. The van der Waals surface area contributed by atoms with E-state index >= 15 is 0 Å². The van der Waals surface area contributed by atoms with Crippen molar-refractivity contribution in [3.05, 3.63) is 35.4 Å². The summed E-state index contributed by atoms with van der Waals surface area (Å²) in [5.41, 5.74) is 3.05. The molecule has 20 heavy (non-hydrogen) atoms. The number of rotatable bonds is 6. The molecule has 0 amide bonds. The van der Waals surface area contributed by atoms with Gasteiger partial charge in [-0.15, -0.1) is 0 Å². The van der Waals surface area contributed by atoms with Crippen LogP contribution in [0, 0.1) is 0 Å². The molecule has 2 nitrogen and oxygen atoms in total. The zero-order valence-electron chi connectivity index (χ0n) is 12.8. The lowest BCUT2D eigenvalue weighted by Gasteiger charge is -2.36. The normalized spacial score (nSPS) is 23.9. The van der Waals surface area contributed by atoms with Crippen LogP contribution in [0.5, 0.6) is 0 Å². The summed E-state index contributed by atoms with van der Waals surface area (Å²) in [6, 6.07) is 10.2. The minimum Gasteiger partial charge on any atom is -0.320 e. The lowest BCUT2D eigenvalue weighted by Crippen LogP contribution is -2.40. The fourth-order valence-corrected chi connectivity index (χ4v) is 3.45. The van der Waals surface area contributed by atoms with Crippen molar-refractivity contribution < 1.29 is 0 Å². The third-order valence-corrected chi connectivity index (χ3v) is 4.89. The highest BCUT2D eigenvalue weighted by atomic mass is 15.2. The van der Waals surface area contributed by atoms with E-state index in [9.17, 15) is 0 Å². The summed E-state index contributed by atoms with van der Waals surface area (Å²) >= 11 is 0. The Morgan fingerprint density at radius 2 is 1.90 bits per heavy atom. The van der Waals surface area contributed by atoms with Crippen molar-refractivity contribution in [2.24, 2.45) is 0 Å². The van der Waals surface area contributed by atoms with Crippen LogP contribution >= 0.6 is 0 Å². The maximum atomic E-state index is 3.30. The fourth-order valence-electron chi connectivity index (χ4n) is 3.45. The Morgan fingerprint density at radius 1 is 1.10 bits per heavy atom. The van der Waals surface area contributed by atoms with Gasteiger partial charge in [0.25, 0.3) is 0 Å². The molecule has 110 valence electrons. The van der Waals surface area contributed by atoms with Crippen LogP contribution in [0.1, 0.15) is 55.6 Å². The molecular weight excluding hydrogens is 244 g/mol. The van der Waals surface area contributed by atoms with Crippen LogP contribution in [0.2, 0.25) is 0 Å². The average Bonchev–Trinajstić information content (AvgIpc) is 3.32. The first kappa shape index (κ1) is 14.1. The van der Waals surface area contributed by atoms with Crippen LogP contribution in [0.4, 0.5) is 0 Å². The van der Waals surface area contributed by atoms with E-state index in [4.69, 9.17) is 0 Å². The fraction of sp³-hybridized carbons (Fsp3) is 0.667. The van der Waals surface area contributed by atoms with E-state index in [0.29, 0.717) is 0 Å². The van der Waals surface area contributed by atoms with Gasteiger partial charge in [0.15, 0.2) is 0 Å². The van der Waals surface area contributed by atoms with E-state index in [2.05, 4.69) is 41.5 Å². The zero-order chi connectivity index (χ0) is 13.8. The van der Waals surface area contributed by atoms with Crippen LogP contribution < -0.4 is 5.32 Å². The van der Waals surface area contributed by atoms with E-state index in [1.807, 2.05) is 0 Å². The molecule has 0 bridgehead atoms. The molecule has 1 saturated carbocycles. The Hall–Kier alpha value is -0.860. The molecule has 0 aromatic heterocycles. The maximum absolute atomic E-state index is 3.30. The molecule has 1 aliphatic carbocycles. The van der Waals surface area contributed by atoms with Crippen LogP contribution in [0.15, 0.2) is 24.3 Å². The smallest absolute Gasteiger partial charge is 0.0236 e. The van der Waals surface area contributed by atoms with Gasteiger partial charge in [-0.3, -0.25) is 4.90 Å².